The van der Waals surface area contributed by atoms with Crippen LogP contribution in [0.1, 0.15) is 23.7 Å². The van der Waals surface area contributed by atoms with Crippen LogP contribution in [0.15, 0.2) is 35.3 Å². The van der Waals surface area contributed by atoms with E-state index in [4.69, 9.17) is 5.73 Å². The largest absolute Gasteiger partial charge is 0.330 e. The van der Waals surface area contributed by atoms with E-state index in [9.17, 15) is 0 Å². The Kier molecular flexibility index (Phi) is 4.02. The summed E-state index contributed by atoms with van der Waals surface area (Å²) >= 11 is 1.64. The second-order valence-electron chi connectivity index (χ2n) is 3.71. The molecule has 2 N–H and O–H groups in total. The molecule has 0 saturated heterocycles. The van der Waals surface area contributed by atoms with Crippen molar-refractivity contribution in [2.75, 3.05) is 6.54 Å². The van der Waals surface area contributed by atoms with Crippen molar-refractivity contribution in [3.05, 3.63) is 46.7 Å². The number of hydrogen-bond donors (Lipinski definition) is 1. The van der Waals surface area contributed by atoms with Crippen molar-refractivity contribution in [2.45, 2.75) is 18.8 Å². The predicted molar refractivity (Wildman–Crippen MR) is 66.5 cm³/mol. The smallest absolute Gasteiger partial charge is 0.0794 e. The summed E-state index contributed by atoms with van der Waals surface area (Å²) in [6.45, 7) is 0.640. The lowest BCUT2D eigenvalue weighted by molar-refractivity contribution is 0.613. The van der Waals surface area contributed by atoms with Crippen LogP contribution in [0.3, 0.4) is 0 Å². The van der Waals surface area contributed by atoms with Crippen molar-refractivity contribution in [3.63, 3.8) is 0 Å². The lowest BCUT2D eigenvalue weighted by atomic mass is 9.98. The van der Waals surface area contributed by atoms with Gasteiger partial charge in [0.15, 0.2) is 0 Å². The number of aryl methyl sites for hydroxylation is 1. The number of nitrogens with two attached hydrogens (primary N) is 1. The third kappa shape index (κ3) is 2.87. The van der Waals surface area contributed by atoms with E-state index in [2.05, 4.69) is 15.3 Å². The first-order chi connectivity index (χ1) is 7.90. The van der Waals surface area contributed by atoms with Crippen LogP contribution in [0.5, 0.6) is 0 Å². The zero-order valence-corrected chi connectivity index (χ0v) is 9.86. The fourth-order valence-corrected chi connectivity index (χ4v) is 2.28. The SMILES string of the molecule is NCC(CCc1cscn1)c1ccccn1. The second-order valence-corrected chi connectivity index (χ2v) is 4.42. The summed E-state index contributed by atoms with van der Waals surface area (Å²) in [6, 6.07) is 5.98. The molecule has 2 heterocycles. The van der Waals surface area contributed by atoms with Gasteiger partial charge in [-0.3, -0.25) is 4.98 Å². The van der Waals surface area contributed by atoms with E-state index in [0.717, 1.165) is 24.2 Å². The average Bonchev–Trinajstić information content (AvgIpc) is 2.84. The van der Waals surface area contributed by atoms with Gasteiger partial charge in [0, 0.05) is 29.7 Å². The van der Waals surface area contributed by atoms with Crippen LogP contribution in [0.25, 0.3) is 0 Å². The molecule has 0 bridgehead atoms. The normalized spacial score (nSPS) is 12.6. The Morgan fingerprint density at radius 3 is 2.88 bits per heavy atom. The first kappa shape index (κ1) is 11.2. The van der Waals surface area contributed by atoms with Gasteiger partial charge in [-0.15, -0.1) is 11.3 Å². The molecule has 3 nitrogen and oxygen atoms in total. The first-order valence-electron chi connectivity index (χ1n) is 5.38. The standard InChI is InChI=1S/C12H15N3S/c13-7-10(12-3-1-2-6-14-12)4-5-11-8-16-9-15-11/h1-3,6,8-10H,4-5,7,13H2. The van der Waals surface area contributed by atoms with Gasteiger partial charge in [-0.2, -0.15) is 0 Å². The van der Waals surface area contributed by atoms with E-state index in [1.165, 1.54) is 0 Å². The highest BCUT2D eigenvalue weighted by Crippen LogP contribution is 2.18. The summed E-state index contributed by atoms with van der Waals surface area (Å²) in [5.41, 5.74) is 9.89. The quantitative estimate of drug-likeness (QED) is 0.861. The molecule has 0 aliphatic heterocycles. The molecule has 84 valence electrons. The van der Waals surface area contributed by atoms with Gasteiger partial charge in [-0.1, -0.05) is 6.07 Å². The number of pyridine rings is 1. The van der Waals surface area contributed by atoms with Crippen LogP contribution in [0, 0.1) is 0 Å². The maximum absolute atomic E-state index is 5.79. The molecule has 0 aliphatic rings. The van der Waals surface area contributed by atoms with E-state index < -0.39 is 0 Å². The fraction of sp³-hybridized carbons (Fsp3) is 0.333. The van der Waals surface area contributed by atoms with Crippen molar-refractivity contribution in [1.82, 2.24) is 9.97 Å². The molecule has 0 radical (unpaired) electrons. The van der Waals surface area contributed by atoms with Gasteiger partial charge < -0.3 is 5.73 Å². The first-order valence-corrected chi connectivity index (χ1v) is 6.32. The Morgan fingerprint density at radius 1 is 1.31 bits per heavy atom. The van der Waals surface area contributed by atoms with Crippen LogP contribution in [-0.2, 0) is 6.42 Å². The van der Waals surface area contributed by atoms with E-state index in [1.807, 2.05) is 29.9 Å². The monoisotopic (exact) mass is 233 g/mol. The predicted octanol–water partition coefficient (Wildman–Crippen LogP) is 2.21. The zero-order chi connectivity index (χ0) is 11.2. The number of nitrogens with zero attached hydrogens (tertiary/aromatic N) is 2. The van der Waals surface area contributed by atoms with Gasteiger partial charge in [0.2, 0.25) is 0 Å². The summed E-state index contributed by atoms with van der Waals surface area (Å²) in [5.74, 6) is 0.336. The highest BCUT2D eigenvalue weighted by Gasteiger charge is 2.11. The third-order valence-electron chi connectivity index (χ3n) is 2.62. The number of thiazole rings is 1. The second kappa shape index (κ2) is 5.72. The molecule has 2 rings (SSSR count). The molecule has 0 saturated carbocycles. The van der Waals surface area contributed by atoms with Crippen LogP contribution in [-0.4, -0.2) is 16.5 Å². The van der Waals surface area contributed by atoms with Gasteiger partial charge in [-0.05, 0) is 25.0 Å². The van der Waals surface area contributed by atoms with E-state index >= 15 is 0 Å². The van der Waals surface area contributed by atoms with E-state index in [1.54, 1.807) is 11.3 Å². The van der Waals surface area contributed by atoms with Crippen molar-refractivity contribution in [3.8, 4) is 0 Å². The summed E-state index contributed by atoms with van der Waals surface area (Å²) < 4.78 is 0. The summed E-state index contributed by atoms with van der Waals surface area (Å²) in [7, 11) is 0. The van der Waals surface area contributed by atoms with Crippen molar-refractivity contribution >= 4 is 11.3 Å². The minimum absolute atomic E-state index is 0.336. The molecule has 2 aromatic rings. The van der Waals surface area contributed by atoms with E-state index in [0.29, 0.717) is 12.5 Å². The molecule has 0 amide bonds. The van der Waals surface area contributed by atoms with Gasteiger partial charge >= 0.3 is 0 Å². The van der Waals surface area contributed by atoms with E-state index in [-0.39, 0.29) is 0 Å². The lowest BCUT2D eigenvalue weighted by Gasteiger charge is -2.12. The molecular weight excluding hydrogens is 218 g/mol. The Bertz CT molecular complexity index is 399. The molecule has 1 atom stereocenters. The van der Waals surface area contributed by atoms with Crippen LogP contribution < -0.4 is 5.73 Å². The fourth-order valence-electron chi connectivity index (χ4n) is 1.69. The molecule has 0 spiro atoms. The van der Waals surface area contributed by atoms with Gasteiger partial charge in [0.05, 0.1) is 11.2 Å². The Hall–Kier alpha value is -1.26. The van der Waals surface area contributed by atoms with Gasteiger partial charge in [-0.25, -0.2) is 4.98 Å². The average molecular weight is 233 g/mol. The Morgan fingerprint density at radius 2 is 2.25 bits per heavy atom. The maximum atomic E-state index is 5.79. The molecule has 1 unspecified atom stereocenters. The molecule has 16 heavy (non-hydrogen) atoms. The third-order valence-corrected chi connectivity index (χ3v) is 3.26. The topological polar surface area (TPSA) is 51.8 Å². The number of rotatable bonds is 5. The summed E-state index contributed by atoms with van der Waals surface area (Å²) in [4.78, 5) is 8.63. The van der Waals surface area contributed by atoms with Crippen molar-refractivity contribution in [1.29, 1.82) is 0 Å². The van der Waals surface area contributed by atoms with Crippen molar-refractivity contribution < 1.29 is 0 Å². The van der Waals surface area contributed by atoms with Crippen molar-refractivity contribution in [2.24, 2.45) is 5.73 Å². The maximum Gasteiger partial charge on any atom is 0.0794 e. The molecular formula is C12H15N3S. The Balaban J connectivity index is 1.96. The lowest BCUT2D eigenvalue weighted by Crippen LogP contribution is -2.14. The molecule has 0 aliphatic carbocycles. The van der Waals surface area contributed by atoms with Crippen LogP contribution in [0.2, 0.25) is 0 Å². The number of hydrogen-bond acceptors (Lipinski definition) is 4. The highest BCUT2D eigenvalue weighted by molar-refractivity contribution is 7.07. The zero-order valence-electron chi connectivity index (χ0n) is 9.04. The highest BCUT2D eigenvalue weighted by atomic mass is 32.1. The minimum atomic E-state index is 0.336. The van der Waals surface area contributed by atoms with Crippen LogP contribution in [0.4, 0.5) is 0 Å². The van der Waals surface area contributed by atoms with Crippen LogP contribution >= 0.6 is 11.3 Å². The molecule has 0 aromatic carbocycles. The molecule has 4 heteroatoms. The van der Waals surface area contributed by atoms with Gasteiger partial charge in [0.25, 0.3) is 0 Å². The minimum Gasteiger partial charge on any atom is -0.330 e. The van der Waals surface area contributed by atoms with Gasteiger partial charge in [0.1, 0.15) is 0 Å². The summed E-state index contributed by atoms with van der Waals surface area (Å²) in [5, 5.41) is 2.09. The Labute approximate surface area is 99.4 Å². The number of aromatic nitrogens is 2. The molecule has 0 fully saturated rings. The summed E-state index contributed by atoms with van der Waals surface area (Å²) in [6.07, 6.45) is 3.81. The molecule has 2 aromatic heterocycles.